The number of rotatable bonds is 14. The third kappa shape index (κ3) is 8.90. The Morgan fingerprint density at radius 2 is 1.78 bits per heavy atom. The largest absolute Gasteiger partial charge is 0.497 e. The van der Waals surface area contributed by atoms with Crippen molar-refractivity contribution in [2.75, 3.05) is 26.7 Å². The molecular formula is C43H52N6O10S. The standard InChI is InChI=1S/C43H52N6O10S/c1-6-26-22-43(26,40(53)47-60(56,57)30-13-14-30)46-38(51)35-19-29(59-36-21-33(25-10-8-7-9-11-25)45-34-18-28(58-5)12-15-31(34)36)24-49(35)39(52)32(42(2,3)4)20-37(50)48-17-16-27(23-48)44-41(54)55/h6-12,15,18,21,26-27,29-30,32,35,44H,1,13-14,16-17,19-20,22-24H2,2-5H3,(H,46,51)(H,47,53)(H,54,55)/t26-,27-,29-,32-,35+,43-/m1/s1. The van der Waals surface area contributed by atoms with Crippen LogP contribution in [0.2, 0.25) is 0 Å². The number of carbonyl (C=O) groups excluding carboxylic acids is 4. The van der Waals surface area contributed by atoms with Crippen LogP contribution in [0.1, 0.15) is 59.3 Å². The molecule has 2 aliphatic carbocycles. The molecule has 3 aromatic rings. The number of likely N-dealkylation sites (tertiary alicyclic amines) is 2. The van der Waals surface area contributed by atoms with Crippen molar-refractivity contribution >= 4 is 50.6 Å². The molecule has 4 N–H and O–H groups in total. The van der Waals surface area contributed by atoms with Gasteiger partial charge in [-0.1, -0.05) is 57.2 Å². The molecule has 0 bridgehead atoms. The van der Waals surface area contributed by atoms with Gasteiger partial charge in [0.05, 0.1) is 42.1 Å². The summed E-state index contributed by atoms with van der Waals surface area (Å²) < 4.78 is 40.0. The van der Waals surface area contributed by atoms with Gasteiger partial charge in [0.15, 0.2) is 0 Å². The summed E-state index contributed by atoms with van der Waals surface area (Å²) >= 11 is 0. The van der Waals surface area contributed by atoms with E-state index in [1.165, 1.54) is 11.0 Å². The Hall–Kier alpha value is -5.71. The molecule has 16 nitrogen and oxygen atoms in total. The highest BCUT2D eigenvalue weighted by Gasteiger charge is 2.62. The van der Waals surface area contributed by atoms with E-state index in [1.807, 2.05) is 57.2 Å². The van der Waals surface area contributed by atoms with E-state index in [-0.39, 0.29) is 38.3 Å². The first kappa shape index (κ1) is 42.4. The van der Waals surface area contributed by atoms with Gasteiger partial charge in [-0.15, -0.1) is 6.58 Å². The summed E-state index contributed by atoms with van der Waals surface area (Å²) in [6.45, 7) is 9.74. The van der Waals surface area contributed by atoms with Gasteiger partial charge in [-0.3, -0.25) is 23.9 Å². The quantitative estimate of drug-likeness (QED) is 0.171. The van der Waals surface area contributed by atoms with Gasteiger partial charge in [0.1, 0.15) is 29.2 Å². The average molecular weight is 845 g/mol. The molecule has 17 heteroatoms. The molecule has 4 aliphatic rings. The van der Waals surface area contributed by atoms with E-state index in [2.05, 4.69) is 21.9 Å². The number of methoxy groups -OCH3 is 1. The predicted octanol–water partition coefficient (Wildman–Crippen LogP) is 3.85. The number of carbonyl (C=O) groups is 5. The molecule has 7 rings (SSSR count). The Balaban J connectivity index is 1.20. The first-order valence-electron chi connectivity index (χ1n) is 20.2. The lowest BCUT2D eigenvalue weighted by Gasteiger charge is -2.35. The van der Waals surface area contributed by atoms with E-state index >= 15 is 0 Å². The molecule has 1 aromatic heterocycles. The van der Waals surface area contributed by atoms with Crippen molar-refractivity contribution in [3.63, 3.8) is 0 Å². The Bertz CT molecular complexity index is 2310. The number of amides is 5. The molecule has 2 saturated heterocycles. The van der Waals surface area contributed by atoms with Crippen LogP contribution in [0.5, 0.6) is 11.5 Å². The minimum atomic E-state index is -3.94. The maximum Gasteiger partial charge on any atom is 0.404 e. The van der Waals surface area contributed by atoms with Crippen LogP contribution in [-0.4, -0.2) is 114 Å². The normalized spacial score (nSPS) is 24.3. The molecule has 2 aliphatic heterocycles. The molecule has 60 heavy (non-hydrogen) atoms. The minimum absolute atomic E-state index is 0.00845. The third-order valence-corrected chi connectivity index (χ3v) is 13.8. The topological polar surface area (TPSA) is 214 Å². The van der Waals surface area contributed by atoms with E-state index in [4.69, 9.17) is 14.5 Å². The molecule has 320 valence electrons. The van der Waals surface area contributed by atoms with Crippen molar-refractivity contribution in [1.29, 1.82) is 0 Å². The van der Waals surface area contributed by atoms with Crippen LogP contribution in [0.15, 0.2) is 67.3 Å². The summed E-state index contributed by atoms with van der Waals surface area (Å²) in [7, 11) is -2.38. The number of aromatic nitrogens is 1. The SMILES string of the molecule is C=C[C@@H]1C[C@]1(NC(=O)[C@@H]1C[C@@H](Oc2cc(-c3ccccc3)nc3cc(OC)ccc23)CN1C(=O)[C@@H](CC(=O)N1CC[C@@H](NC(=O)O)C1)C(C)(C)C)C(=O)NS(=O)(=O)C1CC1. The second-order valence-electron chi connectivity index (χ2n) is 17.3. The molecule has 0 radical (unpaired) electrons. The van der Waals surface area contributed by atoms with Gasteiger partial charge < -0.3 is 35.0 Å². The number of fused-ring (bicyclic) bond motifs is 1. The minimum Gasteiger partial charge on any atom is -0.497 e. The Morgan fingerprint density at radius 1 is 1.05 bits per heavy atom. The van der Waals surface area contributed by atoms with Gasteiger partial charge in [0.25, 0.3) is 5.91 Å². The van der Waals surface area contributed by atoms with E-state index in [0.717, 1.165) is 5.56 Å². The maximum atomic E-state index is 14.9. The van der Waals surface area contributed by atoms with Crippen molar-refractivity contribution in [3.05, 3.63) is 67.3 Å². The fraction of sp³-hybridized carbons (Fsp3) is 0.488. The van der Waals surface area contributed by atoms with Crippen LogP contribution in [0.25, 0.3) is 22.2 Å². The molecule has 2 saturated carbocycles. The molecule has 2 aromatic carbocycles. The monoisotopic (exact) mass is 844 g/mol. The number of hydrogen-bond donors (Lipinski definition) is 4. The van der Waals surface area contributed by atoms with Crippen LogP contribution < -0.4 is 24.8 Å². The van der Waals surface area contributed by atoms with Crippen LogP contribution in [-0.2, 0) is 29.2 Å². The van der Waals surface area contributed by atoms with Gasteiger partial charge in [-0.25, -0.2) is 18.2 Å². The second-order valence-corrected chi connectivity index (χ2v) is 19.3. The van der Waals surface area contributed by atoms with Crippen LogP contribution in [0.3, 0.4) is 0 Å². The number of carboxylic acid groups (broad SMARTS) is 1. The summed E-state index contributed by atoms with van der Waals surface area (Å²) in [4.78, 5) is 76.0. The van der Waals surface area contributed by atoms with Gasteiger partial charge in [-0.2, -0.15) is 0 Å². The van der Waals surface area contributed by atoms with Crippen LogP contribution in [0.4, 0.5) is 4.79 Å². The molecule has 4 fully saturated rings. The fourth-order valence-electron chi connectivity index (χ4n) is 8.28. The smallest absolute Gasteiger partial charge is 0.404 e. The Morgan fingerprint density at radius 3 is 2.42 bits per heavy atom. The lowest BCUT2D eigenvalue weighted by Crippen LogP contribution is -2.57. The summed E-state index contributed by atoms with van der Waals surface area (Å²) in [6.07, 6.45) is 0.822. The molecule has 6 atom stereocenters. The maximum absolute atomic E-state index is 14.9. The Kier molecular flexibility index (Phi) is 11.6. The van der Waals surface area contributed by atoms with Gasteiger partial charge in [0.2, 0.25) is 27.7 Å². The van der Waals surface area contributed by atoms with Crippen molar-refractivity contribution in [3.8, 4) is 22.8 Å². The van der Waals surface area contributed by atoms with Crippen molar-refractivity contribution in [2.24, 2.45) is 17.3 Å². The third-order valence-electron chi connectivity index (χ3n) is 12.0. The first-order valence-corrected chi connectivity index (χ1v) is 21.8. The summed E-state index contributed by atoms with van der Waals surface area (Å²) in [5, 5.41) is 14.5. The molecule has 3 heterocycles. The molecular weight excluding hydrogens is 793 g/mol. The molecule has 0 unspecified atom stereocenters. The number of benzene rings is 2. The number of pyridine rings is 1. The van der Waals surface area contributed by atoms with Crippen LogP contribution in [0, 0.1) is 17.3 Å². The van der Waals surface area contributed by atoms with Crippen molar-refractivity contribution in [1.82, 2.24) is 30.1 Å². The molecule has 0 spiro atoms. The number of nitrogens with one attached hydrogen (secondary N) is 3. The zero-order valence-electron chi connectivity index (χ0n) is 34.2. The Labute approximate surface area is 349 Å². The van der Waals surface area contributed by atoms with E-state index in [0.29, 0.717) is 53.9 Å². The zero-order chi connectivity index (χ0) is 43.1. The number of nitrogens with zero attached hydrogens (tertiary/aromatic N) is 3. The van der Waals surface area contributed by atoms with Gasteiger partial charge in [0, 0.05) is 54.9 Å². The molecule has 5 amide bonds. The highest BCUT2D eigenvalue weighted by molar-refractivity contribution is 7.91. The second kappa shape index (κ2) is 16.4. The highest BCUT2D eigenvalue weighted by atomic mass is 32.2. The van der Waals surface area contributed by atoms with Crippen molar-refractivity contribution < 1.29 is 47.0 Å². The fourth-order valence-corrected chi connectivity index (χ4v) is 9.64. The average Bonchev–Trinajstić information content (AvgIpc) is 4.10. The van der Waals surface area contributed by atoms with Gasteiger partial charge in [-0.05, 0) is 43.2 Å². The summed E-state index contributed by atoms with van der Waals surface area (Å²) in [6, 6.07) is 15.1. The summed E-state index contributed by atoms with van der Waals surface area (Å²) in [5.74, 6) is -2.74. The lowest BCUT2D eigenvalue weighted by atomic mass is 9.77. The number of hydrogen-bond acceptors (Lipinski definition) is 10. The highest BCUT2D eigenvalue weighted by Crippen LogP contribution is 2.46. The number of sulfonamides is 1. The van der Waals surface area contributed by atoms with Gasteiger partial charge >= 0.3 is 6.09 Å². The van der Waals surface area contributed by atoms with Crippen molar-refractivity contribution in [2.45, 2.75) is 88.3 Å². The summed E-state index contributed by atoms with van der Waals surface area (Å²) in [5.41, 5.74) is -0.299. The number of ether oxygens (including phenoxy) is 2. The zero-order valence-corrected chi connectivity index (χ0v) is 35.0. The predicted molar refractivity (Wildman–Crippen MR) is 221 cm³/mol. The van der Waals surface area contributed by atoms with E-state index in [9.17, 15) is 37.5 Å². The van der Waals surface area contributed by atoms with E-state index < -0.39 is 80.1 Å². The lowest BCUT2D eigenvalue weighted by molar-refractivity contribution is -0.148. The van der Waals surface area contributed by atoms with E-state index in [1.54, 1.807) is 30.2 Å². The van der Waals surface area contributed by atoms with Crippen LogP contribution >= 0.6 is 0 Å². The first-order chi connectivity index (χ1) is 28.4.